The van der Waals surface area contributed by atoms with Gasteiger partial charge in [0.15, 0.2) is 5.84 Å². The zero-order chi connectivity index (χ0) is 14.0. The third-order valence-corrected chi connectivity index (χ3v) is 3.79. The second kappa shape index (κ2) is 4.91. The van der Waals surface area contributed by atoms with Gasteiger partial charge in [0.2, 0.25) is 5.91 Å². The molecule has 1 fully saturated rings. The Balaban J connectivity index is 2.19. The van der Waals surface area contributed by atoms with Crippen molar-refractivity contribution < 1.29 is 10.0 Å². The molecule has 102 valence electrons. The highest BCUT2D eigenvalue weighted by atomic mass is 16.4. The van der Waals surface area contributed by atoms with Gasteiger partial charge in [-0.05, 0) is 37.0 Å². The molecule has 2 rings (SSSR count). The van der Waals surface area contributed by atoms with Crippen LogP contribution in [0, 0.1) is 5.41 Å². The van der Waals surface area contributed by atoms with Gasteiger partial charge in [-0.3, -0.25) is 4.79 Å². The maximum atomic E-state index is 12.4. The third-order valence-electron chi connectivity index (χ3n) is 3.79. The predicted molar refractivity (Wildman–Crippen MR) is 74.3 cm³/mol. The lowest BCUT2D eigenvalue weighted by Crippen LogP contribution is -2.41. The molecule has 0 atom stereocenters. The lowest BCUT2D eigenvalue weighted by Gasteiger charge is -2.23. The maximum absolute atomic E-state index is 12.4. The molecule has 1 aliphatic rings. The molecule has 0 aliphatic heterocycles. The number of anilines is 1. The van der Waals surface area contributed by atoms with Gasteiger partial charge in [-0.15, -0.1) is 0 Å². The number of aryl methyl sites for hydroxylation is 1. The molecule has 0 spiro atoms. The Kier molecular flexibility index (Phi) is 3.46. The molecule has 1 aliphatic carbocycles. The number of carbonyl (C=O) groups is 1. The van der Waals surface area contributed by atoms with E-state index in [9.17, 15) is 4.79 Å². The van der Waals surface area contributed by atoms with Crippen molar-refractivity contribution >= 4 is 17.4 Å². The molecule has 1 aromatic carbocycles. The monoisotopic (exact) mass is 261 g/mol. The molecule has 19 heavy (non-hydrogen) atoms. The van der Waals surface area contributed by atoms with Gasteiger partial charge in [0.25, 0.3) is 0 Å². The summed E-state index contributed by atoms with van der Waals surface area (Å²) in [7, 11) is 1.72. The van der Waals surface area contributed by atoms with Crippen molar-refractivity contribution in [2.45, 2.75) is 26.2 Å². The van der Waals surface area contributed by atoms with Crippen LogP contribution in [0.1, 0.15) is 25.3 Å². The molecule has 0 unspecified atom stereocenters. The number of amides is 1. The van der Waals surface area contributed by atoms with Gasteiger partial charge >= 0.3 is 0 Å². The minimum Gasteiger partial charge on any atom is -0.409 e. The van der Waals surface area contributed by atoms with E-state index in [0.717, 1.165) is 12.1 Å². The standard InChI is InChI=1S/C14H19N3O2/c1-3-10-4-6-11(7-5-10)17(2)13(18)14(8-9-14)12(15)16-19/h4-7,19H,3,8-9H2,1-2H3,(H2,15,16). The summed E-state index contributed by atoms with van der Waals surface area (Å²) >= 11 is 0. The summed E-state index contributed by atoms with van der Waals surface area (Å²) in [5, 5.41) is 11.8. The lowest BCUT2D eigenvalue weighted by atomic mass is 10.0. The van der Waals surface area contributed by atoms with Gasteiger partial charge < -0.3 is 15.8 Å². The first-order chi connectivity index (χ1) is 9.05. The first kappa shape index (κ1) is 13.4. The Morgan fingerprint density at radius 3 is 2.42 bits per heavy atom. The highest BCUT2D eigenvalue weighted by molar-refractivity contribution is 6.15. The topological polar surface area (TPSA) is 78.9 Å². The fourth-order valence-electron chi connectivity index (χ4n) is 2.19. The zero-order valence-electron chi connectivity index (χ0n) is 11.3. The van der Waals surface area contributed by atoms with Crippen LogP contribution in [0.2, 0.25) is 0 Å². The van der Waals surface area contributed by atoms with E-state index < -0.39 is 5.41 Å². The molecule has 1 aromatic rings. The average molecular weight is 261 g/mol. The summed E-state index contributed by atoms with van der Waals surface area (Å²) < 4.78 is 0. The van der Waals surface area contributed by atoms with Crippen LogP contribution in [0.15, 0.2) is 29.4 Å². The molecule has 0 heterocycles. The van der Waals surface area contributed by atoms with E-state index in [1.165, 1.54) is 5.56 Å². The molecule has 1 amide bonds. The average Bonchev–Trinajstić information content (AvgIpc) is 3.26. The normalized spacial score (nSPS) is 17.1. The van der Waals surface area contributed by atoms with Crippen LogP contribution in [0.4, 0.5) is 5.69 Å². The van der Waals surface area contributed by atoms with Crippen molar-refractivity contribution in [3.8, 4) is 0 Å². The molecule has 3 N–H and O–H groups in total. The fraction of sp³-hybridized carbons (Fsp3) is 0.429. The Hall–Kier alpha value is -2.04. The van der Waals surface area contributed by atoms with E-state index in [-0.39, 0.29) is 11.7 Å². The summed E-state index contributed by atoms with van der Waals surface area (Å²) in [6.07, 6.45) is 2.24. The summed E-state index contributed by atoms with van der Waals surface area (Å²) in [6.45, 7) is 2.08. The number of nitrogens with two attached hydrogens (primary N) is 1. The molecule has 0 radical (unpaired) electrons. The largest absolute Gasteiger partial charge is 0.409 e. The summed E-state index contributed by atoms with van der Waals surface area (Å²) in [5.41, 5.74) is 6.87. The SMILES string of the molecule is CCc1ccc(N(C)C(=O)C2(/C(N)=N/O)CC2)cc1. The summed E-state index contributed by atoms with van der Waals surface area (Å²) in [4.78, 5) is 14.0. The first-order valence-electron chi connectivity index (χ1n) is 6.40. The lowest BCUT2D eigenvalue weighted by molar-refractivity contribution is -0.121. The maximum Gasteiger partial charge on any atom is 0.240 e. The number of carbonyl (C=O) groups excluding carboxylic acids is 1. The summed E-state index contributed by atoms with van der Waals surface area (Å²) in [6, 6.07) is 7.84. The van der Waals surface area contributed by atoms with Gasteiger partial charge in [0.1, 0.15) is 5.41 Å². The van der Waals surface area contributed by atoms with Crippen LogP contribution in [-0.4, -0.2) is 24.0 Å². The van der Waals surface area contributed by atoms with Crippen molar-refractivity contribution in [2.24, 2.45) is 16.3 Å². The van der Waals surface area contributed by atoms with Gasteiger partial charge in [0.05, 0.1) is 0 Å². The molecule has 5 nitrogen and oxygen atoms in total. The Morgan fingerprint density at radius 2 is 2.00 bits per heavy atom. The van der Waals surface area contributed by atoms with Crippen molar-refractivity contribution in [3.63, 3.8) is 0 Å². The third kappa shape index (κ3) is 2.28. The smallest absolute Gasteiger partial charge is 0.240 e. The highest BCUT2D eigenvalue weighted by Gasteiger charge is 2.55. The second-order valence-electron chi connectivity index (χ2n) is 4.95. The minimum atomic E-state index is -0.799. The van der Waals surface area contributed by atoms with E-state index in [4.69, 9.17) is 10.9 Å². The quantitative estimate of drug-likeness (QED) is 0.375. The highest BCUT2D eigenvalue weighted by Crippen LogP contribution is 2.47. The van der Waals surface area contributed by atoms with E-state index in [2.05, 4.69) is 12.1 Å². The van der Waals surface area contributed by atoms with Crippen molar-refractivity contribution in [3.05, 3.63) is 29.8 Å². The summed E-state index contributed by atoms with van der Waals surface area (Å²) in [5.74, 6) is -0.110. The number of rotatable bonds is 4. The van der Waals surface area contributed by atoms with Crippen LogP contribution in [0.25, 0.3) is 0 Å². The predicted octanol–water partition coefficient (Wildman–Crippen LogP) is 1.74. The van der Waals surface area contributed by atoms with Gasteiger partial charge in [0, 0.05) is 12.7 Å². The van der Waals surface area contributed by atoms with Crippen LogP contribution in [0.5, 0.6) is 0 Å². The number of benzene rings is 1. The van der Waals surface area contributed by atoms with Gasteiger partial charge in [-0.2, -0.15) is 0 Å². The van der Waals surface area contributed by atoms with E-state index in [0.29, 0.717) is 12.8 Å². The molecular formula is C14H19N3O2. The van der Waals surface area contributed by atoms with E-state index in [1.54, 1.807) is 11.9 Å². The van der Waals surface area contributed by atoms with E-state index >= 15 is 0 Å². The van der Waals surface area contributed by atoms with Crippen molar-refractivity contribution in [1.82, 2.24) is 0 Å². The Bertz CT molecular complexity index is 504. The number of hydrogen-bond donors (Lipinski definition) is 2. The molecule has 0 bridgehead atoms. The number of amidine groups is 1. The molecule has 0 saturated heterocycles. The van der Waals surface area contributed by atoms with Crippen LogP contribution < -0.4 is 10.6 Å². The zero-order valence-corrected chi connectivity index (χ0v) is 11.3. The Morgan fingerprint density at radius 1 is 1.42 bits per heavy atom. The van der Waals surface area contributed by atoms with Gasteiger partial charge in [-0.1, -0.05) is 24.2 Å². The fourth-order valence-corrected chi connectivity index (χ4v) is 2.19. The van der Waals surface area contributed by atoms with Crippen molar-refractivity contribution in [2.75, 3.05) is 11.9 Å². The molecule has 0 aromatic heterocycles. The van der Waals surface area contributed by atoms with Crippen molar-refractivity contribution in [1.29, 1.82) is 0 Å². The van der Waals surface area contributed by atoms with Crippen LogP contribution in [-0.2, 0) is 11.2 Å². The first-order valence-corrected chi connectivity index (χ1v) is 6.40. The molecule has 1 saturated carbocycles. The minimum absolute atomic E-state index is 0.00882. The molecule has 5 heteroatoms. The van der Waals surface area contributed by atoms with Crippen LogP contribution >= 0.6 is 0 Å². The number of nitrogens with zero attached hydrogens (tertiary/aromatic N) is 2. The number of oxime groups is 1. The van der Waals surface area contributed by atoms with Crippen LogP contribution in [0.3, 0.4) is 0 Å². The molecular weight excluding hydrogens is 242 g/mol. The Labute approximate surface area is 112 Å². The van der Waals surface area contributed by atoms with Gasteiger partial charge in [-0.25, -0.2) is 0 Å². The van der Waals surface area contributed by atoms with E-state index in [1.807, 2.05) is 24.3 Å². The number of hydrogen-bond acceptors (Lipinski definition) is 3. The second-order valence-corrected chi connectivity index (χ2v) is 4.95.